The van der Waals surface area contributed by atoms with Gasteiger partial charge in [-0.15, -0.1) is 0 Å². The minimum Gasteiger partial charge on any atom is -0.480 e. The number of amides is 3. The summed E-state index contributed by atoms with van der Waals surface area (Å²) in [6.45, 7) is 28.2. The number of aliphatic hydroxyl groups is 2. The molecule has 536 valence electrons. The Labute approximate surface area is 583 Å². The molecule has 0 radical (unpaired) electrons. The van der Waals surface area contributed by atoms with Gasteiger partial charge in [-0.2, -0.15) is 0 Å². The van der Waals surface area contributed by atoms with Crippen molar-refractivity contribution in [1.29, 1.82) is 0 Å². The molecule has 100 heavy (non-hydrogen) atoms. The molecule has 0 spiro atoms. The molecule has 6 atom stereocenters. The fraction of sp³-hybridized carbons (Fsp3) is 0.463. The molecule has 0 unspecified atom stereocenters. The number of aromatic nitrogens is 10. The zero-order valence-electron chi connectivity index (χ0n) is 58.2. The van der Waals surface area contributed by atoms with E-state index in [1.54, 1.807) is 125 Å². The topological polar surface area (TPSA) is 404 Å². The summed E-state index contributed by atoms with van der Waals surface area (Å²) in [4.78, 5) is 102. The van der Waals surface area contributed by atoms with Gasteiger partial charge in [0.15, 0.2) is 50.4 Å². The van der Waals surface area contributed by atoms with Crippen LogP contribution in [0.5, 0.6) is 5.88 Å². The molecule has 10 aromatic heterocycles. The number of carboxylic acid groups (broad SMARTS) is 1. The lowest BCUT2D eigenvalue weighted by Gasteiger charge is -2.27. The zero-order valence-corrected chi connectivity index (χ0v) is 59.7. The smallest absolute Gasteiger partial charge is 0.411 e. The van der Waals surface area contributed by atoms with Crippen molar-refractivity contribution < 1.29 is 85.4 Å². The number of hydrogen-bond acceptors (Lipinski definition) is 27. The maximum Gasteiger partial charge on any atom is 0.411 e. The van der Waals surface area contributed by atoms with Crippen LogP contribution in [-0.4, -0.2) is 189 Å². The van der Waals surface area contributed by atoms with Crippen LogP contribution in [0.1, 0.15) is 124 Å². The number of ether oxygens (including phenoxy) is 4. The average molecular weight is 1430 g/mol. The fourth-order valence-corrected chi connectivity index (χ4v) is 10.4. The summed E-state index contributed by atoms with van der Waals surface area (Å²) < 4.78 is 47.1. The van der Waals surface area contributed by atoms with Gasteiger partial charge >= 0.3 is 24.2 Å². The molecular formula is C67H81Cl2N13O18. The number of β-amino-alcohol motifs (C(OH)–C–C–N with tert-alkyl or cyclic N) is 2. The number of likely N-dealkylation sites (tertiary alicyclic amines) is 3. The molecule has 3 fully saturated rings. The van der Waals surface area contributed by atoms with Crippen molar-refractivity contribution in [3.05, 3.63) is 113 Å². The average Bonchev–Trinajstić information content (AvgIpc) is 1.65. The monoisotopic (exact) mass is 1430 g/mol. The highest BCUT2D eigenvalue weighted by Crippen LogP contribution is 2.31. The molecular weight excluding hydrogens is 1350 g/mol. The summed E-state index contributed by atoms with van der Waals surface area (Å²) in [5.41, 5.74) is 5.30. The second kappa shape index (κ2) is 33.3. The van der Waals surface area contributed by atoms with Gasteiger partial charge in [-0.25, -0.2) is 44.1 Å². The highest BCUT2D eigenvalue weighted by atomic mass is 35.5. The molecule has 3 saturated heterocycles. The van der Waals surface area contributed by atoms with Crippen LogP contribution < -0.4 is 4.74 Å². The van der Waals surface area contributed by atoms with Crippen molar-refractivity contribution in [3.8, 4) is 5.88 Å². The lowest BCUT2D eigenvalue weighted by Crippen LogP contribution is -2.43. The minimum absolute atomic E-state index is 0.00583. The first-order valence-corrected chi connectivity index (χ1v) is 32.2. The summed E-state index contributed by atoms with van der Waals surface area (Å²) in [5, 5.41) is 42.7. The molecule has 10 aromatic rings. The maximum absolute atomic E-state index is 12.4. The number of carboxylic acids is 1. The summed E-state index contributed by atoms with van der Waals surface area (Å²) in [6, 6.07) is 6.98. The number of fused-ring (bicyclic) bond motifs is 5. The van der Waals surface area contributed by atoms with E-state index in [2.05, 4.69) is 50.4 Å². The van der Waals surface area contributed by atoms with E-state index in [1.807, 2.05) is 45.9 Å². The van der Waals surface area contributed by atoms with E-state index < -0.39 is 71.4 Å². The first-order chi connectivity index (χ1) is 46.9. The largest absolute Gasteiger partial charge is 0.480 e. The van der Waals surface area contributed by atoms with E-state index in [0.717, 1.165) is 60.3 Å². The van der Waals surface area contributed by atoms with Gasteiger partial charge in [0, 0.05) is 74.9 Å². The van der Waals surface area contributed by atoms with Crippen molar-refractivity contribution in [3.63, 3.8) is 0 Å². The molecule has 3 aliphatic rings. The number of hydrogen-bond donors (Lipinski definition) is 3. The number of carbonyl (C=O) groups is 6. The predicted molar refractivity (Wildman–Crippen MR) is 362 cm³/mol. The highest BCUT2D eigenvalue weighted by molar-refractivity contribution is 6.33. The van der Waals surface area contributed by atoms with Crippen LogP contribution >= 0.6 is 23.2 Å². The molecule has 0 aromatic carbocycles. The number of halogens is 2. The van der Waals surface area contributed by atoms with Gasteiger partial charge in [0.1, 0.15) is 40.0 Å². The Kier molecular flexibility index (Phi) is 25.7. The van der Waals surface area contributed by atoms with Gasteiger partial charge in [-0.05, 0) is 127 Å². The van der Waals surface area contributed by atoms with Gasteiger partial charge in [-0.3, -0.25) is 34.3 Å². The summed E-state index contributed by atoms with van der Waals surface area (Å²) in [7, 11) is 0. The Balaban J connectivity index is 0.000000169. The third-order valence-electron chi connectivity index (χ3n) is 14.4. The van der Waals surface area contributed by atoms with Crippen LogP contribution in [0.15, 0.2) is 96.1 Å². The number of ketones is 2. The number of nitrogens with zero attached hydrogens (tertiary/aromatic N) is 13. The molecule has 3 N–H and O–H groups in total. The van der Waals surface area contributed by atoms with Crippen molar-refractivity contribution >= 4 is 114 Å². The Morgan fingerprint density at radius 1 is 0.500 bits per heavy atom. The van der Waals surface area contributed by atoms with Gasteiger partial charge in [-0.1, -0.05) is 38.7 Å². The third-order valence-corrected chi connectivity index (χ3v) is 14.9. The normalized spacial score (nSPS) is 18.0. The first kappa shape index (κ1) is 77.4. The van der Waals surface area contributed by atoms with E-state index in [1.165, 1.54) is 23.6 Å². The number of oxazole rings is 2. The van der Waals surface area contributed by atoms with E-state index in [0.29, 0.717) is 57.6 Å². The summed E-state index contributed by atoms with van der Waals surface area (Å²) >= 11 is 11.5. The van der Waals surface area contributed by atoms with Crippen molar-refractivity contribution in [2.24, 2.45) is 0 Å². The van der Waals surface area contributed by atoms with Gasteiger partial charge in [0.2, 0.25) is 11.2 Å². The summed E-state index contributed by atoms with van der Waals surface area (Å²) in [5.74, 6) is 0.243. The number of aliphatic carboxylic acids is 1. The lowest BCUT2D eigenvalue weighted by molar-refractivity contribution is -0.142. The third kappa shape index (κ3) is 21.5. The van der Waals surface area contributed by atoms with Crippen LogP contribution in [0.3, 0.4) is 0 Å². The Hall–Kier alpha value is -9.98. The number of Topliss-reactive ketones (excluding diaryl/α,β-unsaturated/α-hetero) is 2. The van der Waals surface area contributed by atoms with Crippen LogP contribution in [0.25, 0.3) is 55.1 Å². The van der Waals surface area contributed by atoms with Gasteiger partial charge < -0.3 is 56.7 Å². The van der Waals surface area contributed by atoms with Gasteiger partial charge in [0.25, 0.3) is 5.88 Å². The SMILES string of the molecule is CC(=O)[C@@H]1C[C@@H](O)CN1C(=O)OC(C)(C)C.CC(=O)[C@@H]1C[C@@H](Oc2nccc3c(C)noc23)CN1C(=O)OC(C)(C)C.CC(C)(C)OC(=O)N1C[C@H](O)C[C@H]1C(=O)O.Cc1nc2ccnc(Cl)c2o1.Cc1nc2ccncc2o1.Cc1noc2c(Cl)nccc12.Cc1noc2cnccc12. The standard InChI is InChI=1S/C18H23N3O5.C11H19NO4.C10H17NO5.2C7H5ClN2O.2C7H6N2O/c1-10-13-6-7-19-16(15(13)26-20-10)24-12-8-14(11(2)22)21(9-12)17(23)25-18(3,4)5;1-7(13)9-5-8(14)6-12(9)10(15)16-11(2,3)4;1-10(2,3)16-9(15)11-5-6(12)4-7(11)8(13)14;1-4-10-5-2-3-9-7(8)6(5)11-4;1-4-5-2-3-9-7(8)6(5)11-10-4;1-5-9-6-2-3-8-4-7(6)10-5;1-5-6-2-3-8-4-7(6)10-9-5/h6-7,12,14H,8-9H2,1-5H3;8-9,14H,5-6H2,1-4H3;6-7,12H,4-5H2,1-3H3,(H,13,14);2*2-3H,1H3;2*2-4H,1H3/t12-,14+;8-,9+;6-,7+;;;;/m111..../s1. The molecule has 13 rings (SSSR count). The van der Waals surface area contributed by atoms with Crippen molar-refractivity contribution in [1.82, 2.24) is 65.1 Å². The van der Waals surface area contributed by atoms with Crippen molar-refractivity contribution in [2.75, 3.05) is 19.6 Å². The highest BCUT2D eigenvalue weighted by Gasteiger charge is 2.43. The molecule has 3 amide bonds. The van der Waals surface area contributed by atoms with Crippen LogP contribution in [0.4, 0.5) is 14.4 Å². The Morgan fingerprint density at radius 3 is 1.44 bits per heavy atom. The number of rotatable bonds is 5. The lowest BCUT2D eigenvalue weighted by atomic mass is 10.1. The van der Waals surface area contributed by atoms with Crippen LogP contribution in [0, 0.1) is 34.6 Å². The maximum atomic E-state index is 12.4. The number of aryl methyl sites for hydroxylation is 5. The fourth-order valence-electron chi connectivity index (χ4n) is 10.00. The Bertz CT molecular complexity index is 4360. The molecule has 3 aliphatic heterocycles. The number of aliphatic hydroxyl groups excluding tert-OH is 2. The quantitative estimate of drug-likeness (QED) is 0.106. The molecule has 0 saturated carbocycles. The van der Waals surface area contributed by atoms with E-state index >= 15 is 0 Å². The molecule has 33 heteroatoms. The number of pyridine rings is 5. The molecule has 0 aliphatic carbocycles. The minimum atomic E-state index is -1.12. The van der Waals surface area contributed by atoms with Gasteiger partial charge in [0.05, 0.1) is 78.8 Å². The van der Waals surface area contributed by atoms with E-state index in [-0.39, 0.29) is 43.7 Å². The van der Waals surface area contributed by atoms with E-state index in [4.69, 9.17) is 69.7 Å². The molecule has 0 bridgehead atoms. The number of carbonyl (C=O) groups excluding carboxylic acids is 5. The second-order valence-electron chi connectivity index (χ2n) is 26.2. The van der Waals surface area contributed by atoms with Crippen LogP contribution in [-0.2, 0) is 28.6 Å². The van der Waals surface area contributed by atoms with Crippen molar-refractivity contribution in [2.45, 2.75) is 183 Å². The summed E-state index contributed by atoms with van der Waals surface area (Å²) in [6.07, 6.45) is 8.75. The second-order valence-corrected chi connectivity index (χ2v) is 26.9. The van der Waals surface area contributed by atoms with E-state index in [9.17, 15) is 39.0 Å². The molecule has 13 heterocycles. The zero-order chi connectivity index (χ0) is 73.7. The predicted octanol–water partition coefficient (Wildman–Crippen LogP) is 11.7. The Morgan fingerprint density at radius 2 is 0.920 bits per heavy atom. The first-order valence-electron chi connectivity index (χ1n) is 31.4. The molecule has 31 nitrogen and oxygen atoms in total. The van der Waals surface area contributed by atoms with Crippen LogP contribution in [0.2, 0.25) is 10.3 Å².